The number of aryl methyl sites for hydroxylation is 2. The van der Waals surface area contributed by atoms with Crippen molar-refractivity contribution in [1.82, 2.24) is 9.72 Å². The van der Waals surface area contributed by atoms with E-state index in [0.29, 0.717) is 18.0 Å². The first kappa shape index (κ1) is 20.4. The first-order valence-corrected chi connectivity index (χ1v) is 9.35. The molecule has 0 atom stereocenters. The van der Waals surface area contributed by atoms with E-state index in [1.807, 2.05) is 52.9 Å². The zero-order chi connectivity index (χ0) is 21.2. The monoisotopic (exact) mass is 395 g/mol. The van der Waals surface area contributed by atoms with Crippen LogP contribution in [0.2, 0.25) is 0 Å². The molecule has 0 saturated carbocycles. The van der Waals surface area contributed by atoms with Crippen molar-refractivity contribution < 1.29 is 14.1 Å². The van der Waals surface area contributed by atoms with Gasteiger partial charge in [-0.05, 0) is 58.4 Å². The highest BCUT2D eigenvalue weighted by molar-refractivity contribution is 5.84. The summed E-state index contributed by atoms with van der Waals surface area (Å²) in [5.74, 6) is 0.713. The van der Waals surface area contributed by atoms with Gasteiger partial charge in [0.15, 0.2) is 0 Å². The summed E-state index contributed by atoms with van der Waals surface area (Å²) in [7, 11) is 0. The maximum Gasteiger partial charge on any atom is 0.412 e. The van der Waals surface area contributed by atoms with Crippen LogP contribution in [0.1, 0.15) is 37.8 Å². The zero-order valence-electron chi connectivity index (χ0n) is 17.3. The lowest BCUT2D eigenvalue weighted by Crippen LogP contribution is -2.27. The summed E-state index contributed by atoms with van der Waals surface area (Å²) in [6, 6.07) is 10.6. The standard InChI is InChI=1S/C22H25N3O4/c1-14-20(15(2)29-24-14)17-8-11-19(26)25(13-17)12-16-6-9-18(10-7-16)23-21(27)28-22(3,4)5/h6-11,13H,12H2,1-5H3,(H,23,27). The third kappa shape index (κ3) is 5.13. The van der Waals surface area contributed by atoms with Crippen LogP contribution in [0.5, 0.6) is 0 Å². The molecule has 1 N–H and O–H groups in total. The molecule has 0 spiro atoms. The average Bonchev–Trinajstić information content (AvgIpc) is 2.95. The van der Waals surface area contributed by atoms with Crippen molar-refractivity contribution in [3.63, 3.8) is 0 Å². The predicted octanol–water partition coefficient (Wildman–Crippen LogP) is 4.52. The number of hydrogen-bond acceptors (Lipinski definition) is 5. The van der Waals surface area contributed by atoms with Crippen molar-refractivity contribution in [3.05, 3.63) is 70.0 Å². The number of nitrogens with one attached hydrogen (secondary N) is 1. The Labute approximate surface area is 169 Å². The molecule has 0 saturated heterocycles. The molecule has 29 heavy (non-hydrogen) atoms. The van der Waals surface area contributed by atoms with Gasteiger partial charge in [-0.15, -0.1) is 0 Å². The number of rotatable bonds is 4. The second kappa shape index (κ2) is 7.95. The number of nitrogens with zero attached hydrogens (tertiary/aromatic N) is 2. The minimum absolute atomic E-state index is 0.100. The molecule has 1 amide bonds. The molecule has 152 valence electrons. The minimum Gasteiger partial charge on any atom is -0.444 e. The smallest absolute Gasteiger partial charge is 0.412 e. The summed E-state index contributed by atoms with van der Waals surface area (Å²) in [5.41, 5.74) is 3.45. The Morgan fingerprint density at radius 1 is 1.14 bits per heavy atom. The fraction of sp³-hybridized carbons (Fsp3) is 0.318. The highest BCUT2D eigenvalue weighted by Gasteiger charge is 2.16. The van der Waals surface area contributed by atoms with Crippen molar-refractivity contribution >= 4 is 11.8 Å². The van der Waals surface area contributed by atoms with Crippen molar-refractivity contribution in [2.75, 3.05) is 5.32 Å². The average molecular weight is 395 g/mol. The SMILES string of the molecule is Cc1noc(C)c1-c1ccc(=O)n(Cc2ccc(NC(=O)OC(C)(C)C)cc2)c1. The van der Waals surface area contributed by atoms with Crippen LogP contribution in [0.4, 0.5) is 10.5 Å². The van der Waals surface area contributed by atoms with Gasteiger partial charge in [0.05, 0.1) is 12.2 Å². The Hall–Kier alpha value is -3.35. The van der Waals surface area contributed by atoms with Gasteiger partial charge in [0, 0.05) is 29.1 Å². The molecule has 0 fully saturated rings. The predicted molar refractivity (Wildman–Crippen MR) is 111 cm³/mol. The van der Waals surface area contributed by atoms with E-state index in [0.717, 1.165) is 22.4 Å². The van der Waals surface area contributed by atoms with Gasteiger partial charge in [0.25, 0.3) is 5.56 Å². The molecule has 7 nitrogen and oxygen atoms in total. The summed E-state index contributed by atoms with van der Waals surface area (Å²) in [6.45, 7) is 9.56. The van der Waals surface area contributed by atoms with E-state index in [1.165, 1.54) is 0 Å². The van der Waals surface area contributed by atoms with E-state index in [1.54, 1.807) is 28.8 Å². The number of anilines is 1. The summed E-state index contributed by atoms with van der Waals surface area (Å²) >= 11 is 0. The summed E-state index contributed by atoms with van der Waals surface area (Å²) in [4.78, 5) is 24.2. The number of aromatic nitrogens is 2. The van der Waals surface area contributed by atoms with Crippen LogP contribution >= 0.6 is 0 Å². The van der Waals surface area contributed by atoms with E-state index in [9.17, 15) is 9.59 Å². The van der Waals surface area contributed by atoms with Gasteiger partial charge in [-0.1, -0.05) is 17.3 Å². The third-order valence-electron chi connectivity index (χ3n) is 4.26. The van der Waals surface area contributed by atoms with Gasteiger partial charge in [-0.25, -0.2) is 4.79 Å². The third-order valence-corrected chi connectivity index (χ3v) is 4.26. The molecule has 3 rings (SSSR count). The van der Waals surface area contributed by atoms with Gasteiger partial charge in [-0.3, -0.25) is 10.1 Å². The minimum atomic E-state index is -0.558. The highest BCUT2D eigenvalue weighted by Crippen LogP contribution is 2.26. The molecule has 0 aliphatic rings. The quantitative estimate of drug-likeness (QED) is 0.702. The van der Waals surface area contributed by atoms with Crippen LogP contribution in [0.15, 0.2) is 51.9 Å². The van der Waals surface area contributed by atoms with E-state index >= 15 is 0 Å². The number of amides is 1. The number of carbonyl (C=O) groups is 1. The molecule has 0 radical (unpaired) electrons. The van der Waals surface area contributed by atoms with Gasteiger partial charge in [0.2, 0.25) is 0 Å². The first-order chi connectivity index (χ1) is 13.6. The number of hydrogen-bond donors (Lipinski definition) is 1. The molecule has 2 heterocycles. The second-order valence-electron chi connectivity index (χ2n) is 7.91. The summed E-state index contributed by atoms with van der Waals surface area (Å²) in [5, 5.41) is 6.67. The van der Waals surface area contributed by atoms with Crippen molar-refractivity contribution in [2.24, 2.45) is 0 Å². The van der Waals surface area contributed by atoms with Crippen LogP contribution in [0.25, 0.3) is 11.1 Å². The van der Waals surface area contributed by atoms with Gasteiger partial charge >= 0.3 is 6.09 Å². The van der Waals surface area contributed by atoms with Crippen LogP contribution in [-0.2, 0) is 11.3 Å². The van der Waals surface area contributed by atoms with E-state index < -0.39 is 11.7 Å². The Kier molecular flexibility index (Phi) is 5.59. The van der Waals surface area contributed by atoms with Gasteiger partial charge < -0.3 is 13.8 Å². The number of carbonyl (C=O) groups excluding carboxylic acids is 1. The van der Waals surface area contributed by atoms with Crippen LogP contribution in [-0.4, -0.2) is 21.4 Å². The van der Waals surface area contributed by atoms with Crippen molar-refractivity contribution in [2.45, 2.75) is 46.8 Å². The lowest BCUT2D eigenvalue weighted by atomic mass is 10.1. The summed E-state index contributed by atoms with van der Waals surface area (Å²) in [6.07, 6.45) is 1.30. The molecule has 0 bridgehead atoms. The van der Waals surface area contributed by atoms with E-state index in [2.05, 4.69) is 10.5 Å². The second-order valence-corrected chi connectivity index (χ2v) is 7.91. The van der Waals surface area contributed by atoms with Crippen molar-refractivity contribution in [1.29, 1.82) is 0 Å². The molecule has 7 heteroatoms. The Balaban J connectivity index is 1.76. The molecular formula is C22H25N3O4. The maximum absolute atomic E-state index is 12.3. The summed E-state index contributed by atoms with van der Waals surface area (Å²) < 4.78 is 12.1. The molecular weight excluding hydrogens is 370 g/mol. The molecule has 0 unspecified atom stereocenters. The fourth-order valence-electron chi connectivity index (χ4n) is 3.01. The molecule has 0 aliphatic carbocycles. The Bertz CT molecular complexity index is 1050. The topological polar surface area (TPSA) is 86.4 Å². The van der Waals surface area contributed by atoms with Crippen molar-refractivity contribution in [3.8, 4) is 11.1 Å². The van der Waals surface area contributed by atoms with Crippen LogP contribution < -0.4 is 10.9 Å². The highest BCUT2D eigenvalue weighted by atomic mass is 16.6. The fourth-order valence-corrected chi connectivity index (χ4v) is 3.01. The largest absolute Gasteiger partial charge is 0.444 e. The van der Waals surface area contributed by atoms with Gasteiger partial charge in [-0.2, -0.15) is 0 Å². The number of benzene rings is 1. The Morgan fingerprint density at radius 3 is 2.41 bits per heavy atom. The molecule has 2 aromatic heterocycles. The number of pyridine rings is 1. The normalized spacial score (nSPS) is 11.3. The Morgan fingerprint density at radius 2 is 1.83 bits per heavy atom. The molecule has 3 aromatic rings. The van der Waals surface area contributed by atoms with E-state index in [4.69, 9.17) is 9.26 Å². The molecule has 1 aromatic carbocycles. The zero-order valence-corrected chi connectivity index (χ0v) is 17.3. The lowest BCUT2D eigenvalue weighted by Gasteiger charge is -2.19. The first-order valence-electron chi connectivity index (χ1n) is 9.35. The van der Waals surface area contributed by atoms with Gasteiger partial charge in [0.1, 0.15) is 11.4 Å². The maximum atomic E-state index is 12.3. The van der Waals surface area contributed by atoms with E-state index in [-0.39, 0.29) is 5.56 Å². The van der Waals surface area contributed by atoms with Crippen LogP contribution in [0, 0.1) is 13.8 Å². The lowest BCUT2D eigenvalue weighted by molar-refractivity contribution is 0.0636. The molecule has 0 aliphatic heterocycles. The number of ether oxygens (including phenoxy) is 1. The van der Waals surface area contributed by atoms with Crippen LogP contribution in [0.3, 0.4) is 0 Å².